The molecule has 1 atom stereocenters. The summed E-state index contributed by atoms with van der Waals surface area (Å²) < 4.78 is 5.43. The molecule has 2 aliphatic rings. The van der Waals surface area contributed by atoms with Crippen molar-refractivity contribution < 1.29 is 4.74 Å². The van der Waals surface area contributed by atoms with E-state index in [2.05, 4.69) is 45.4 Å². The summed E-state index contributed by atoms with van der Waals surface area (Å²) in [7, 11) is 0. The van der Waals surface area contributed by atoms with E-state index in [0.717, 1.165) is 45.8 Å². The number of rotatable bonds is 5. The van der Waals surface area contributed by atoms with Crippen LogP contribution in [0.4, 0.5) is 0 Å². The fourth-order valence-corrected chi connectivity index (χ4v) is 3.28. The van der Waals surface area contributed by atoms with Gasteiger partial charge in [0.1, 0.15) is 0 Å². The molecule has 2 heterocycles. The summed E-state index contributed by atoms with van der Waals surface area (Å²) >= 11 is 0. The number of hydrogen-bond acceptors (Lipinski definition) is 4. The molecule has 2 fully saturated rings. The second kappa shape index (κ2) is 7.90. The monoisotopic (exact) mass is 289 g/mol. The topological polar surface area (TPSA) is 27.7 Å². The number of piperazine rings is 1. The van der Waals surface area contributed by atoms with Crippen LogP contribution in [0.15, 0.2) is 30.3 Å². The third-order valence-electron chi connectivity index (χ3n) is 4.59. The Hall–Kier alpha value is -0.940. The predicted octanol–water partition coefficient (Wildman–Crippen LogP) is 0.835. The van der Waals surface area contributed by atoms with Crippen LogP contribution in [0.25, 0.3) is 0 Å². The van der Waals surface area contributed by atoms with Gasteiger partial charge in [-0.2, -0.15) is 0 Å². The van der Waals surface area contributed by atoms with E-state index in [9.17, 15) is 0 Å². The van der Waals surface area contributed by atoms with E-state index < -0.39 is 0 Å². The largest absolute Gasteiger partial charge is 0.379 e. The molecule has 0 radical (unpaired) electrons. The van der Waals surface area contributed by atoms with Crippen LogP contribution in [0.3, 0.4) is 0 Å². The summed E-state index contributed by atoms with van der Waals surface area (Å²) in [6.07, 6.45) is 1.15. The van der Waals surface area contributed by atoms with Crippen LogP contribution < -0.4 is 5.32 Å². The molecule has 0 aromatic heterocycles. The molecule has 1 aromatic carbocycles. The van der Waals surface area contributed by atoms with Crippen molar-refractivity contribution in [2.24, 2.45) is 0 Å². The highest BCUT2D eigenvalue weighted by Crippen LogP contribution is 2.11. The van der Waals surface area contributed by atoms with Crippen molar-refractivity contribution in [1.82, 2.24) is 15.1 Å². The molecule has 0 bridgehead atoms. The zero-order valence-electron chi connectivity index (χ0n) is 12.8. The van der Waals surface area contributed by atoms with Crippen molar-refractivity contribution in [2.45, 2.75) is 12.5 Å². The van der Waals surface area contributed by atoms with E-state index in [0.29, 0.717) is 6.04 Å². The molecule has 116 valence electrons. The van der Waals surface area contributed by atoms with E-state index in [4.69, 9.17) is 4.74 Å². The van der Waals surface area contributed by atoms with Gasteiger partial charge in [-0.05, 0) is 12.0 Å². The number of ether oxygens (including phenoxy) is 1. The first-order valence-corrected chi connectivity index (χ1v) is 8.20. The molecule has 21 heavy (non-hydrogen) atoms. The highest BCUT2D eigenvalue weighted by Gasteiger charge is 2.23. The second-order valence-corrected chi connectivity index (χ2v) is 6.04. The van der Waals surface area contributed by atoms with Crippen molar-refractivity contribution in [3.8, 4) is 0 Å². The minimum atomic E-state index is 0.627. The Bertz CT molecular complexity index is 406. The van der Waals surface area contributed by atoms with E-state index in [1.807, 2.05) is 0 Å². The lowest BCUT2D eigenvalue weighted by atomic mass is 10.0. The molecule has 2 aliphatic heterocycles. The van der Waals surface area contributed by atoms with Gasteiger partial charge >= 0.3 is 0 Å². The highest BCUT2D eigenvalue weighted by atomic mass is 16.5. The van der Waals surface area contributed by atoms with Gasteiger partial charge in [-0.3, -0.25) is 9.80 Å². The van der Waals surface area contributed by atoms with Gasteiger partial charge in [-0.1, -0.05) is 30.3 Å². The fourth-order valence-electron chi connectivity index (χ4n) is 3.28. The molecule has 0 saturated carbocycles. The number of benzene rings is 1. The van der Waals surface area contributed by atoms with Crippen LogP contribution in [-0.4, -0.2) is 74.9 Å². The molecule has 4 nitrogen and oxygen atoms in total. The van der Waals surface area contributed by atoms with Gasteiger partial charge in [-0.15, -0.1) is 0 Å². The first-order chi connectivity index (χ1) is 10.4. The molecule has 1 N–H and O–H groups in total. The molecular formula is C17H27N3O. The van der Waals surface area contributed by atoms with E-state index in [-0.39, 0.29) is 0 Å². The summed E-state index contributed by atoms with van der Waals surface area (Å²) in [5.74, 6) is 0. The Labute approximate surface area is 128 Å². The van der Waals surface area contributed by atoms with E-state index >= 15 is 0 Å². The molecule has 2 saturated heterocycles. The Morgan fingerprint density at radius 3 is 2.67 bits per heavy atom. The summed E-state index contributed by atoms with van der Waals surface area (Å²) in [6, 6.07) is 11.5. The molecule has 1 unspecified atom stereocenters. The molecule has 1 aromatic rings. The average molecular weight is 289 g/mol. The molecule has 0 aliphatic carbocycles. The number of morpholine rings is 1. The van der Waals surface area contributed by atoms with Crippen molar-refractivity contribution in [3.05, 3.63) is 35.9 Å². The van der Waals surface area contributed by atoms with Crippen LogP contribution in [0, 0.1) is 0 Å². The zero-order chi connectivity index (χ0) is 14.3. The summed E-state index contributed by atoms with van der Waals surface area (Å²) in [6.45, 7) is 9.73. The SMILES string of the molecule is c1ccc(CC2CNCCN2CCN2CCOCC2)cc1. The third kappa shape index (κ3) is 4.51. The summed E-state index contributed by atoms with van der Waals surface area (Å²) in [4.78, 5) is 5.20. The Balaban J connectivity index is 1.51. The number of nitrogens with zero attached hydrogens (tertiary/aromatic N) is 2. The van der Waals surface area contributed by atoms with E-state index in [1.54, 1.807) is 0 Å². The molecule has 3 rings (SSSR count). The van der Waals surface area contributed by atoms with Crippen LogP contribution >= 0.6 is 0 Å². The molecule has 0 amide bonds. The van der Waals surface area contributed by atoms with Gasteiger partial charge < -0.3 is 10.1 Å². The minimum Gasteiger partial charge on any atom is -0.379 e. The van der Waals surface area contributed by atoms with Gasteiger partial charge in [0.15, 0.2) is 0 Å². The predicted molar refractivity (Wildman–Crippen MR) is 85.6 cm³/mol. The lowest BCUT2D eigenvalue weighted by Gasteiger charge is -2.38. The first-order valence-electron chi connectivity index (χ1n) is 8.20. The molecule has 0 spiro atoms. The standard InChI is InChI=1S/C17H27N3O/c1-2-4-16(5-3-1)14-17-15-18-6-7-20(17)9-8-19-10-12-21-13-11-19/h1-5,17-18H,6-15H2. The maximum absolute atomic E-state index is 5.43. The lowest BCUT2D eigenvalue weighted by Crippen LogP contribution is -2.54. The maximum atomic E-state index is 5.43. The van der Waals surface area contributed by atoms with Crippen LogP contribution in [0.5, 0.6) is 0 Å². The maximum Gasteiger partial charge on any atom is 0.0594 e. The van der Waals surface area contributed by atoms with E-state index in [1.165, 1.54) is 25.2 Å². The second-order valence-electron chi connectivity index (χ2n) is 6.04. The molecule has 4 heteroatoms. The summed E-state index contributed by atoms with van der Waals surface area (Å²) in [5.41, 5.74) is 1.45. The Kier molecular flexibility index (Phi) is 5.63. The van der Waals surface area contributed by atoms with Crippen molar-refractivity contribution in [1.29, 1.82) is 0 Å². The normalized spacial score (nSPS) is 25.0. The molecular weight excluding hydrogens is 262 g/mol. The Morgan fingerprint density at radius 1 is 1.05 bits per heavy atom. The van der Waals surface area contributed by atoms with Crippen LogP contribution in [0.1, 0.15) is 5.56 Å². The highest BCUT2D eigenvalue weighted by molar-refractivity contribution is 5.16. The zero-order valence-corrected chi connectivity index (χ0v) is 12.8. The van der Waals surface area contributed by atoms with Crippen molar-refractivity contribution in [2.75, 3.05) is 59.0 Å². The summed E-state index contributed by atoms with van der Waals surface area (Å²) in [5, 5.41) is 3.55. The quantitative estimate of drug-likeness (QED) is 0.869. The Morgan fingerprint density at radius 2 is 1.86 bits per heavy atom. The van der Waals surface area contributed by atoms with Crippen molar-refractivity contribution in [3.63, 3.8) is 0 Å². The van der Waals surface area contributed by atoms with Crippen molar-refractivity contribution >= 4 is 0 Å². The van der Waals surface area contributed by atoms with Crippen LogP contribution in [0.2, 0.25) is 0 Å². The van der Waals surface area contributed by atoms with Gasteiger partial charge in [0.25, 0.3) is 0 Å². The van der Waals surface area contributed by atoms with Gasteiger partial charge in [0.2, 0.25) is 0 Å². The minimum absolute atomic E-state index is 0.627. The fraction of sp³-hybridized carbons (Fsp3) is 0.647. The lowest BCUT2D eigenvalue weighted by molar-refractivity contribution is 0.0292. The first kappa shape index (κ1) is 15.0. The average Bonchev–Trinajstić information content (AvgIpc) is 2.56. The number of hydrogen-bond donors (Lipinski definition) is 1. The third-order valence-corrected chi connectivity index (χ3v) is 4.59. The van der Waals surface area contributed by atoms with Gasteiger partial charge in [0.05, 0.1) is 13.2 Å². The number of nitrogens with one attached hydrogen (secondary N) is 1. The van der Waals surface area contributed by atoms with Gasteiger partial charge in [-0.25, -0.2) is 0 Å². The smallest absolute Gasteiger partial charge is 0.0594 e. The van der Waals surface area contributed by atoms with Gasteiger partial charge in [0, 0.05) is 51.9 Å². The van der Waals surface area contributed by atoms with Crippen LogP contribution in [-0.2, 0) is 11.2 Å².